The number of nitrogens with two attached hydrogens (primary N) is 1. The average molecular weight is 281 g/mol. The maximum Gasteiger partial charge on any atom is 0.217 e. The minimum atomic E-state index is 0.491. The fourth-order valence-corrected chi connectivity index (χ4v) is 2.03. The second-order valence-corrected chi connectivity index (χ2v) is 4.62. The van der Waals surface area contributed by atoms with E-state index < -0.39 is 0 Å². The molecular formula is C15H27N3O2. The van der Waals surface area contributed by atoms with Crippen molar-refractivity contribution in [3.63, 3.8) is 0 Å². The first-order chi connectivity index (χ1) is 9.71. The first-order valence-corrected chi connectivity index (χ1v) is 7.44. The van der Waals surface area contributed by atoms with Crippen LogP contribution in [0, 0.1) is 0 Å². The first-order valence-electron chi connectivity index (χ1n) is 7.44. The van der Waals surface area contributed by atoms with Crippen LogP contribution in [0.5, 0.6) is 5.88 Å². The van der Waals surface area contributed by atoms with E-state index in [1.807, 2.05) is 19.1 Å². The Morgan fingerprint density at radius 2 is 1.80 bits per heavy atom. The van der Waals surface area contributed by atoms with Gasteiger partial charge >= 0.3 is 0 Å². The number of nitrogen functional groups attached to an aromatic ring is 1. The van der Waals surface area contributed by atoms with E-state index in [-0.39, 0.29) is 0 Å². The lowest BCUT2D eigenvalue weighted by atomic mass is 10.3. The van der Waals surface area contributed by atoms with Gasteiger partial charge < -0.3 is 20.1 Å². The zero-order valence-electron chi connectivity index (χ0n) is 12.9. The monoisotopic (exact) mass is 281 g/mol. The van der Waals surface area contributed by atoms with Crippen molar-refractivity contribution >= 4 is 11.5 Å². The van der Waals surface area contributed by atoms with Crippen LogP contribution in [0.1, 0.15) is 33.6 Å². The standard InChI is InChI=1S/C15H27N3O2/c1-4-7-18(8-5-2)13-11-14(16)17-15(12-13)20-10-9-19-6-3/h11-12H,4-10H2,1-3H3,(H2,16,17). The number of anilines is 2. The quantitative estimate of drug-likeness (QED) is 0.668. The second-order valence-electron chi connectivity index (χ2n) is 4.62. The number of nitrogens with zero attached hydrogens (tertiary/aromatic N) is 2. The van der Waals surface area contributed by atoms with Crippen LogP contribution in [0.4, 0.5) is 11.5 Å². The number of hydrogen-bond donors (Lipinski definition) is 1. The molecule has 0 spiro atoms. The van der Waals surface area contributed by atoms with Gasteiger partial charge in [-0.25, -0.2) is 0 Å². The van der Waals surface area contributed by atoms with Gasteiger partial charge in [-0.05, 0) is 19.8 Å². The highest BCUT2D eigenvalue weighted by atomic mass is 16.5. The highest BCUT2D eigenvalue weighted by Crippen LogP contribution is 2.23. The van der Waals surface area contributed by atoms with Crippen molar-refractivity contribution in [1.29, 1.82) is 0 Å². The van der Waals surface area contributed by atoms with Crippen molar-refractivity contribution in [2.24, 2.45) is 0 Å². The minimum absolute atomic E-state index is 0.491. The molecule has 0 aliphatic heterocycles. The molecule has 0 bridgehead atoms. The average Bonchev–Trinajstić information content (AvgIpc) is 2.43. The van der Waals surface area contributed by atoms with E-state index in [0.717, 1.165) is 31.6 Å². The predicted octanol–water partition coefficient (Wildman–Crippen LogP) is 2.71. The fourth-order valence-electron chi connectivity index (χ4n) is 2.03. The number of pyridine rings is 1. The summed E-state index contributed by atoms with van der Waals surface area (Å²) < 4.78 is 10.8. The zero-order valence-corrected chi connectivity index (χ0v) is 12.9. The molecule has 0 aromatic carbocycles. The molecule has 0 radical (unpaired) electrons. The third-order valence-corrected chi connectivity index (χ3v) is 2.84. The van der Waals surface area contributed by atoms with Crippen molar-refractivity contribution in [3.05, 3.63) is 12.1 Å². The summed E-state index contributed by atoms with van der Waals surface area (Å²) in [6.45, 7) is 10.1. The molecule has 0 amide bonds. The van der Waals surface area contributed by atoms with Crippen LogP contribution in [-0.2, 0) is 4.74 Å². The van der Waals surface area contributed by atoms with E-state index in [2.05, 4.69) is 23.7 Å². The Morgan fingerprint density at radius 1 is 1.10 bits per heavy atom. The van der Waals surface area contributed by atoms with Gasteiger partial charge in [0.25, 0.3) is 0 Å². The van der Waals surface area contributed by atoms with Gasteiger partial charge in [0.15, 0.2) is 0 Å². The summed E-state index contributed by atoms with van der Waals surface area (Å²) >= 11 is 0. The second kappa shape index (κ2) is 9.42. The summed E-state index contributed by atoms with van der Waals surface area (Å²) in [6, 6.07) is 3.86. The van der Waals surface area contributed by atoms with Crippen LogP contribution in [0.25, 0.3) is 0 Å². The van der Waals surface area contributed by atoms with Crippen molar-refractivity contribution in [1.82, 2.24) is 4.98 Å². The van der Waals surface area contributed by atoms with Crippen LogP contribution >= 0.6 is 0 Å². The lowest BCUT2D eigenvalue weighted by Crippen LogP contribution is -2.25. The molecule has 1 rings (SSSR count). The highest BCUT2D eigenvalue weighted by Gasteiger charge is 2.08. The van der Waals surface area contributed by atoms with Crippen molar-refractivity contribution in [2.75, 3.05) is 43.5 Å². The van der Waals surface area contributed by atoms with Crippen LogP contribution in [0.2, 0.25) is 0 Å². The van der Waals surface area contributed by atoms with Gasteiger partial charge in [-0.1, -0.05) is 13.8 Å². The summed E-state index contributed by atoms with van der Waals surface area (Å²) in [6.07, 6.45) is 2.20. The molecule has 5 nitrogen and oxygen atoms in total. The zero-order chi connectivity index (χ0) is 14.8. The molecule has 0 unspecified atom stereocenters. The summed E-state index contributed by atoms with van der Waals surface area (Å²) in [4.78, 5) is 6.52. The van der Waals surface area contributed by atoms with Crippen LogP contribution in [0.3, 0.4) is 0 Å². The summed E-state index contributed by atoms with van der Waals surface area (Å²) in [7, 11) is 0. The fraction of sp³-hybridized carbons (Fsp3) is 0.667. The van der Waals surface area contributed by atoms with Gasteiger partial charge in [-0.15, -0.1) is 0 Å². The smallest absolute Gasteiger partial charge is 0.217 e. The lowest BCUT2D eigenvalue weighted by molar-refractivity contribution is 0.108. The van der Waals surface area contributed by atoms with Crippen LogP contribution in [0.15, 0.2) is 12.1 Å². The van der Waals surface area contributed by atoms with Crippen molar-refractivity contribution in [3.8, 4) is 5.88 Å². The largest absolute Gasteiger partial charge is 0.475 e. The summed E-state index contributed by atoms with van der Waals surface area (Å²) in [5, 5.41) is 0. The summed E-state index contributed by atoms with van der Waals surface area (Å²) in [5.41, 5.74) is 6.95. The normalized spacial score (nSPS) is 10.6. The van der Waals surface area contributed by atoms with E-state index in [1.54, 1.807) is 0 Å². The maximum atomic E-state index is 5.87. The molecule has 20 heavy (non-hydrogen) atoms. The molecular weight excluding hydrogens is 254 g/mol. The van der Waals surface area contributed by atoms with E-state index in [9.17, 15) is 0 Å². The molecule has 1 aromatic heterocycles. The number of ether oxygens (including phenoxy) is 2. The maximum absolute atomic E-state index is 5.87. The lowest BCUT2D eigenvalue weighted by Gasteiger charge is -2.24. The van der Waals surface area contributed by atoms with Gasteiger partial charge in [0.2, 0.25) is 5.88 Å². The number of hydrogen-bond acceptors (Lipinski definition) is 5. The topological polar surface area (TPSA) is 60.6 Å². The molecule has 0 aliphatic rings. The van der Waals surface area contributed by atoms with Gasteiger partial charge in [0.05, 0.1) is 6.61 Å². The van der Waals surface area contributed by atoms with Crippen LogP contribution < -0.4 is 15.4 Å². The molecule has 114 valence electrons. The van der Waals surface area contributed by atoms with Crippen LogP contribution in [-0.4, -0.2) is 37.9 Å². The van der Waals surface area contributed by atoms with Gasteiger partial charge in [0.1, 0.15) is 12.4 Å². The molecule has 2 N–H and O–H groups in total. The van der Waals surface area contributed by atoms with Gasteiger partial charge in [-0.2, -0.15) is 4.98 Å². The van der Waals surface area contributed by atoms with Gasteiger partial charge in [-0.3, -0.25) is 0 Å². The Balaban J connectivity index is 2.72. The Hall–Kier alpha value is -1.49. The predicted molar refractivity (Wildman–Crippen MR) is 83.4 cm³/mol. The van der Waals surface area contributed by atoms with Crippen molar-refractivity contribution < 1.29 is 9.47 Å². The first kappa shape index (κ1) is 16.6. The molecule has 0 saturated heterocycles. The number of aromatic nitrogens is 1. The highest BCUT2D eigenvalue weighted by molar-refractivity contribution is 5.55. The van der Waals surface area contributed by atoms with E-state index in [4.69, 9.17) is 15.2 Å². The molecule has 1 aromatic rings. The number of rotatable bonds is 10. The van der Waals surface area contributed by atoms with Crippen molar-refractivity contribution in [2.45, 2.75) is 33.6 Å². The van der Waals surface area contributed by atoms with Gasteiger partial charge in [0, 0.05) is 37.5 Å². The molecule has 0 aliphatic carbocycles. The molecule has 0 fully saturated rings. The Morgan fingerprint density at radius 3 is 2.40 bits per heavy atom. The van der Waals surface area contributed by atoms with E-state index in [1.165, 1.54) is 0 Å². The van der Waals surface area contributed by atoms with E-state index >= 15 is 0 Å². The Kier molecular flexibility index (Phi) is 7.80. The Labute approximate surface area is 122 Å². The molecule has 1 heterocycles. The third kappa shape index (κ3) is 5.65. The SMILES string of the molecule is CCCN(CCC)c1cc(N)nc(OCCOCC)c1. The molecule has 0 atom stereocenters. The third-order valence-electron chi connectivity index (χ3n) is 2.84. The van der Waals surface area contributed by atoms with E-state index in [0.29, 0.717) is 31.5 Å². The summed E-state index contributed by atoms with van der Waals surface area (Å²) in [5.74, 6) is 1.06. The molecule has 0 saturated carbocycles. The minimum Gasteiger partial charge on any atom is -0.475 e. The Bertz CT molecular complexity index is 379. The molecule has 5 heteroatoms.